The molecule has 1 aliphatic heterocycles. The third-order valence-electron chi connectivity index (χ3n) is 4.92. The Morgan fingerprint density at radius 1 is 1.17 bits per heavy atom. The van der Waals surface area contributed by atoms with Crippen LogP contribution in [0.5, 0.6) is 0 Å². The number of anilines is 1. The van der Waals surface area contributed by atoms with Gasteiger partial charge in [0.05, 0.1) is 0 Å². The number of likely N-dealkylation sites (tertiary alicyclic amines) is 1. The first-order valence-corrected chi connectivity index (χ1v) is 8.62. The van der Waals surface area contributed by atoms with Gasteiger partial charge in [0.2, 0.25) is 0 Å². The number of aromatic nitrogens is 3. The van der Waals surface area contributed by atoms with E-state index in [1.807, 2.05) is 16.8 Å². The van der Waals surface area contributed by atoms with Gasteiger partial charge in [-0.15, -0.1) is 0 Å². The zero-order chi connectivity index (χ0) is 16.4. The van der Waals surface area contributed by atoms with Gasteiger partial charge < -0.3 is 5.32 Å². The molecule has 24 heavy (non-hydrogen) atoms. The maximum Gasteiger partial charge on any atom is 0.154 e. The summed E-state index contributed by atoms with van der Waals surface area (Å²) in [5.74, 6) is 0.934. The predicted molar refractivity (Wildman–Crippen MR) is 95.9 cm³/mol. The number of nitrogens with zero attached hydrogens (tertiary/aromatic N) is 4. The molecule has 2 aromatic heterocycles. The molecule has 2 atom stereocenters. The molecule has 1 aromatic carbocycles. The van der Waals surface area contributed by atoms with Gasteiger partial charge in [-0.1, -0.05) is 30.3 Å². The van der Waals surface area contributed by atoms with Gasteiger partial charge >= 0.3 is 0 Å². The van der Waals surface area contributed by atoms with Crippen LogP contribution in [-0.4, -0.2) is 38.1 Å². The third kappa shape index (κ3) is 3.12. The standard InChI is InChI=1S/C19H23N5/c1-15-12-17(9-11-23(15)13-16-6-3-2-4-7-16)22-19-18-8-5-10-24(18)21-14-20-19/h2-8,10,14-15,17H,9,11-13H2,1H3,(H,20,21,22). The van der Waals surface area contributed by atoms with E-state index in [0.717, 1.165) is 37.3 Å². The van der Waals surface area contributed by atoms with Gasteiger partial charge in [-0.3, -0.25) is 4.90 Å². The lowest BCUT2D eigenvalue weighted by Gasteiger charge is -2.38. The number of hydrogen-bond donors (Lipinski definition) is 1. The molecule has 5 nitrogen and oxygen atoms in total. The smallest absolute Gasteiger partial charge is 0.154 e. The van der Waals surface area contributed by atoms with Crippen LogP contribution in [0.15, 0.2) is 55.0 Å². The second-order valence-corrected chi connectivity index (χ2v) is 6.62. The summed E-state index contributed by atoms with van der Waals surface area (Å²) in [4.78, 5) is 7.00. The Bertz CT molecular complexity index is 798. The molecule has 1 aliphatic rings. The van der Waals surface area contributed by atoms with Crippen LogP contribution in [0.4, 0.5) is 5.82 Å². The SMILES string of the molecule is CC1CC(Nc2ncnn3cccc23)CCN1Cc1ccccc1. The number of fused-ring (bicyclic) bond motifs is 1. The van der Waals surface area contributed by atoms with Gasteiger partial charge in [0, 0.05) is 31.4 Å². The Balaban J connectivity index is 1.40. The third-order valence-corrected chi connectivity index (χ3v) is 4.92. The monoisotopic (exact) mass is 321 g/mol. The second-order valence-electron chi connectivity index (χ2n) is 6.62. The van der Waals surface area contributed by atoms with Gasteiger partial charge in [0.25, 0.3) is 0 Å². The lowest BCUT2D eigenvalue weighted by Crippen LogP contribution is -2.44. The van der Waals surface area contributed by atoms with E-state index in [2.05, 4.69) is 63.6 Å². The molecule has 5 heteroatoms. The zero-order valence-electron chi connectivity index (χ0n) is 14.0. The van der Waals surface area contributed by atoms with Gasteiger partial charge in [-0.25, -0.2) is 9.50 Å². The normalized spacial score (nSPS) is 21.9. The molecule has 0 spiro atoms. The fourth-order valence-corrected chi connectivity index (χ4v) is 3.58. The van der Waals surface area contributed by atoms with E-state index in [0.29, 0.717) is 12.1 Å². The number of piperidine rings is 1. The van der Waals surface area contributed by atoms with Crippen LogP contribution in [0.25, 0.3) is 5.52 Å². The van der Waals surface area contributed by atoms with E-state index in [4.69, 9.17) is 0 Å². The van der Waals surface area contributed by atoms with Crippen LogP contribution in [0.3, 0.4) is 0 Å². The molecule has 1 saturated heterocycles. The Morgan fingerprint density at radius 2 is 2.04 bits per heavy atom. The lowest BCUT2D eigenvalue weighted by atomic mass is 9.97. The first-order chi connectivity index (χ1) is 11.8. The number of hydrogen-bond acceptors (Lipinski definition) is 4. The van der Waals surface area contributed by atoms with Crippen LogP contribution in [0.2, 0.25) is 0 Å². The van der Waals surface area contributed by atoms with E-state index in [-0.39, 0.29) is 0 Å². The van der Waals surface area contributed by atoms with Crippen molar-refractivity contribution in [3.8, 4) is 0 Å². The lowest BCUT2D eigenvalue weighted by molar-refractivity contribution is 0.144. The van der Waals surface area contributed by atoms with Crippen molar-refractivity contribution in [1.82, 2.24) is 19.5 Å². The molecule has 3 aromatic rings. The highest BCUT2D eigenvalue weighted by atomic mass is 15.3. The summed E-state index contributed by atoms with van der Waals surface area (Å²) in [6.07, 6.45) is 5.83. The van der Waals surface area contributed by atoms with Crippen molar-refractivity contribution in [3.05, 3.63) is 60.6 Å². The summed E-state index contributed by atoms with van der Waals surface area (Å²) in [7, 11) is 0. The number of benzene rings is 1. The van der Waals surface area contributed by atoms with Crippen molar-refractivity contribution in [2.75, 3.05) is 11.9 Å². The maximum atomic E-state index is 4.43. The van der Waals surface area contributed by atoms with Crippen molar-refractivity contribution in [1.29, 1.82) is 0 Å². The number of rotatable bonds is 4. The van der Waals surface area contributed by atoms with Crippen molar-refractivity contribution in [3.63, 3.8) is 0 Å². The fraction of sp³-hybridized carbons (Fsp3) is 0.368. The summed E-state index contributed by atoms with van der Waals surface area (Å²) in [6, 6.07) is 15.8. The molecule has 0 saturated carbocycles. The van der Waals surface area contributed by atoms with Crippen LogP contribution >= 0.6 is 0 Å². The average Bonchev–Trinajstić information content (AvgIpc) is 3.08. The summed E-state index contributed by atoms with van der Waals surface area (Å²) in [5, 5.41) is 7.85. The molecule has 0 amide bonds. The molecule has 4 rings (SSSR count). The second kappa shape index (κ2) is 6.61. The van der Waals surface area contributed by atoms with Crippen molar-refractivity contribution in [2.24, 2.45) is 0 Å². The maximum absolute atomic E-state index is 4.43. The molecule has 0 bridgehead atoms. The predicted octanol–water partition coefficient (Wildman–Crippen LogP) is 3.19. The van der Waals surface area contributed by atoms with E-state index in [9.17, 15) is 0 Å². The van der Waals surface area contributed by atoms with Crippen molar-refractivity contribution in [2.45, 2.75) is 38.4 Å². The zero-order valence-corrected chi connectivity index (χ0v) is 14.0. The van der Waals surface area contributed by atoms with Crippen molar-refractivity contribution >= 4 is 11.3 Å². The highest BCUT2D eigenvalue weighted by molar-refractivity contribution is 5.67. The molecule has 0 radical (unpaired) electrons. The topological polar surface area (TPSA) is 45.5 Å². The van der Waals surface area contributed by atoms with Gasteiger partial charge in [0.15, 0.2) is 5.82 Å². The molecular weight excluding hydrogens is 298 g/mol. The van der Waals surface area contributed by atoms with Crippen molar-refractivity contribution < 1.29 is 0 Å². The fourth-order valence-electron chi connectivity index (χ4n) is 3.58. The molecule has 2 unspecified atom stereocenters. The van der Waals surface area contributed by atoms with Gasteiger partial charge in [0.1, 0.15) is 11.8 Å². The minimum Gasteiger partial charge on any atom is -0.365 e. The molecule has 124 valence electrons. The Labute approximate surface area is 142 Å². The van der Waals surface area contributed by atoms with Crippen LogP contribution in [0, 0.1) is 0 Å². The van der Waals surface area contributed by atoms with Gasteiger partial charge in [-0.2, -0.15) is 5.10 Å². The Kier molecular flexibility index (Phi) is 4.17. The van der Waals surface area contributed by atoms with Gasteiger partial charge in [-0.05, 0) is 37.5 Å². The van der Waals surface area contributed by atoms with Crippen LogP contribution in [0.1, 0.15) is 25.3 Å². The van der Waals surface area contributed by atoms with E-state index < -0.39 is 0 Å². The largest absolute Gasteiger partial charge is 0.365 e. The summed E-state index contributed by atoms with van der Waals surface area (Å²) in [6.45, 7) is 4.46. The highest BCUT2D eigenvalue weighted by Crippen LogP contribution is 2.23. The first kappa shape index (κ1) is 15.1. The average molecular weight is 321 g/mol. The summed E-state index contributed by atoms with van der Waals surface area (Å²) >= 11 is 0. The molecule has 3 heterocycles. The summed E-state index contributed by atoms with van der Waals surface area (Å²) < 4.78 is 1.86. The van der Waals surface area contributed by atoms with E-state index >= 15 is 0 Å². The quantitative estimate of drug-likeness (QED) is 0.801. The minimum atomic E-state index is 0.459. The highest BCUT2D eigenvalue weighted by Gasteiger charge is 2.26. The molecule has 1 N–H and O–H groups in total. The summed E-state index contributed by atoms with van der Waals surface area (Å²) in [5.41, 5.74) is 2.43. The molecule has 0 aliphatic carbocycles. The van der Waals surface area contributed by atoms with E-state index in [1.54, 1.807) is 6.33 Å². The minimum absolute atomic E-state index is 0.459. The van der Waals surface area contributed by atoms with Crippen LogP contribution < -0.4 is 5.32 Å². The number of nitrogens with one attached hydrogen (secondary N) is 1. The molecule has 1 fully saturated rings. The van der Waals surface area contributed by atoms with E-state index in [1.165, 1.54) is 5.56 Å². The Morgan fingerprint density at radius 3 is 2.88 bits per heavy atom. The first-order valence-electron chi connectivity index (χ1n) is 8.62. The van der Waals surface area contributed by atoms with Crippen LogP contribution in [-0.2, 0) is 6.54 Å². The molecular formula is C19H23N5. The Hall–Kier alpha value is -2.40.